The van der Waals surface area contributed by atoms with Crippen LogP contribution in [-0.2, 0) is 32.6 Å². The van der Waals surface area contributed by atoms with Gasteiger partial charge < -0.3 is 19.7 Å². The summed E-state index contributed by atoms with van der Waals surface area (Å²) >= 11 is 3.48. The maximum atomic E-state index is 14.5. The van der Waals surface area contributed by atoms with E-state index in [1.165, 1.54) is 44.4 Å². The summed E-state index contributed by atoms with van der Waals surface area (Å²) in [5.74, 6) is -0.241. The predicted molar refractivity (Wildman–Crippen MR) is 178 cm³/mol. The van der Waals surface area contributed by atoms with Crippen molar-refractivity contribution in [2.24, 2.45) is 0 Å². The van der Waals surface area contributed by atoms with Gasteiger partial charge in [-0.05, 0) is 54.4 Å². The molecule has 1 atom stereocenters. The first-order valence-electron chi connectivity index (χ1n) is 14.2. The number of hydrogen-bond acceptors (Lipinski definition) is 6. The molecule has 4 aromatic rings. The van der Waals surface area contributed by atoms with Gasteiger partial charge in [0.05, 0.1) is 24.8 Å². The number of anilines is 1. The van der Waals surface area contributed by atoms with Gasteiger partial charge in [0.15, 0.2) is 11.5 Å². The molecule has 4 rings (SSSR count). The molecule has 2 amide bonds. The van der Waals surface area contributed by atoms with E-state index in [0.29, 0.717) is 11.5 Å². The molecular weight excluding hydrogens is 658 g/mol. The second-order valence-electron chi connectivity index (χ2n) is 10.3. The lowest BCUT2D eigenvalue weighted by Crippen LogP contribution is -2.53. The van der Waals surface area contributed by atoms with Gasteiger partial charge in [-0.1, -0.05) is 76.1 Å². The molecule has 11 heteroatoms. The van der Waals surface area contributed by atoms with Crippen LogP contribution in [0.25, 0.3) is 0 Å². The van der Waals surface area contributed by atoms with Gasteiger partial charge in [0.1, 0.15) is 12.6 Å². The molecule has 0 aliphatic carbocycles. The summed E-state index contributed by atoms with van der Waals surface area (Å²) in [6, 6.07) is 26.9. The average Bonchev–Trinajstić information content (AvgIpc) is 3.05. The summed E-state index contributed by atoms with van der Waals surface area (Å²) in [7, 11) is 0.188. The third kappa shape index (κ3) is 8.23. The number of carbonyl (C=O) groups excluding carboxylic acids is 2. The quantitative estimate of drug-likeness (QED) is 0.202. The van der Waals surface area contributed by atoms with E-state index in [-0.39, 0.29) is 29.5 Å². The Hall–Kier alpha value is -4.35. The second-order valence-corrected chi connectivity index (χ2v) is 13.1. The van der Waals surface area contributed by atoms with Crippen molar-refractivity contribution < 1.29 is 27.5 Å². The van der Waals surface area contributed by atoms with Gasteiger partial charge in [-0.25, -0.2) is 8.42 Å². The molecule has 0 fully saturated rings. The molecule has 45 heavy (non-hydrogen) atoms. The van der Waals surface area contributed by atoms with Crippen molar-refractivity contribution in [1.82, 2.24) is 10.2 Å². The number of nitrogens with one attached hydrogen (secondary N) is 1. The highest BCUT2D eigenvalue weighted by Crippen LogP contribution is 2.34. The van der Waals surface area contributed by atoms with Crippen LogP contribution in [0.3, 0.4) is 0 Å². The van der Waals surface area contributed by atoms with Crippen molar-refractivity contribution in [2.75, 3.05) is 32.1 Å². The van der Waals surface area contributed by atoms with Gasteiger partial charge in [-0.2, -0.15) is 0 Å². The zero-order chi connectivity index (χ0) is 32.6. The number of rotatable bonds is 13. The highest BCUT2D eigenvalue weighted by atomic mass is 79.9. The predicted octanol–water partition coefficient (Wildman–Crippen LogP) is 5.36. The highest BCUT2D eigenvalue weighted by Gasteiger charge is 2.34. The summed E-state index contributed by atoms with van der Waals surface area (Å²) in [5.41, 5.74) is 2.70. The van der Waals surface area contributed by atoms with E-state index in [9.17, 15) is 18.0 Å². The highest BCUT2D eigenvalue weighted by molar-refractivity contribution is 9.10. The molecule has 0 bridgehead atoms. The van der Waals surface area contributed by atoms with E-state index in [1.54, 1.807) is 24.3 Å². The normalized spacial score (nSPS) is 11.8. The molecule has 0 radical (unpaired) electrons. The fourth-order valence-corrected chi connectivity index (χ4v) is 6.75. The van der Waals surface area contributed by atoms with E-state index in [1.807, 2.05) is 61.5 Å². The Labute approximate surface area is 273 Å². The second kappa shape index (κ2) is 15.1. The lowest BCUT2D eigenvalue weighted by atomic mass is 10.0. The van der Waals surface area contributed by atoms with Crippen molar-refractivity contribution in [2.45, 2.75) is 30.8 Å². The van der Waals surface area contributed by atoms with Crippen molar-refractivity contribution >= 4 is 43.5 Å². The standard InChI is InChI=1S/C34H36BrN3O6S/c1-24-13-16-29(17-14-24)45(41,42)38(28-15-18-31(43-3)32(21-28)44-4)23-33(39)37(22-26-11-8-12-27(35)19-26)30(34(40)36-2)20-25-9-6-5-7-10-25/h5-19,21,30H,20,22-23H2,1-4H3,(H,36,40)/t30-/m0/s1. The molecular formula is C34H36BrN3O6S. The maximum Gasteiger partial charge on any atom is 0.264 e. The summed E-state index contributed by atoms with van der Waals surface area (Å²) in [4.78, 5) is 29.3. The largest absolute Gasteiger partial charge is 0.493 e. The van der Waals surface area contributed by atoms with E-state index in [0.717, 1.165) is 25.5 Å². The van der Waals surface area contributed by atoms with Crippen LogP contribution in [0, 0.1) is 6.92 Å². The Balaban J connectivity index is 1.83. The summed E-state index contributed by atoms with van der Waals surface area (Å²) in [5, 5.41) is 2.69. The van der Waals surface area contributed by atoms with Crippen LogP contribution in [-0.4, -0.2) is 59.0 Å². The lowest BCUT2D eigenvalue weighted by molar-refractivity contribution is -0.139. The molecule has 9 nitrogen and oxygen atoms in total. The van der Waals surface area contributed by atoms with Crippen molar-refractivity contribution in [1.29, 1.82) is 0 Å². The van der Waals surface area contributed by atoms with Gasteiger partial charge in [0, 0.05) is 30.6 Å². The molecule has 0 aromatic heterocycles. The Morgan fingerprint density at radius 2 is 1.51 bits per heavy atom. The topological polar surface area (TPSA) is 105 Å². The van der Waals surface area contributed by atoms with Gasteiger partial charge in [-0.3, -0.25) is 13.9 Å². The van der Waals surface area contributed by atoms with Crippen LogP contribution in [0.15, 0.2) is 106 Å². The van der Waals surface area contributed by atoms with E-state index in [4.69, 9.17) is 9.47 Å². The molecule has 0 saturated carbocycles. The van der Waals surface area contributed by atoms with Crippen LogP contribution < -0.4 is 19.1 Å². The van der Waals surface area contributed by atoms with Crippen LogP contribution in [0.2, 0.25) is 0 Å². The Kier molecular flexibility index (Phi) is 11.2. The number of methoxy groups -OCH3 is 2. The number of amides is 2. The zero-order valence-corrected chi connectivity index (χ0v) is 28.0. The molecule has 0 saturated heterocycles. The third-order valence-corrected chi connectivity index (χ3v) is 9.58. The number of sulfonamides is 1. The maximum absolute atomic E-state index is 14.5. The average molecular weight is 695 g/mol. The third-order valence-electron chi connectivity index (χ3n) is 7.30. The van der Waals surface area contributed by atoms with Gasteiger partial charge in [0.25, 0.3) is 10.0 Å². The minimum Gasteiger partial charge on any atom is -0.493 e. The number of likely N-dealkylation sites (N-methyl/N-ethyl adjacent to an activating group) is 1. The summed E-state index contributed by atoms with van der Waals surface area (Å²) in [6.07, 6.45) is 0.224. The van der Waals surface area contributed by atoms with Crippen LogP contribution in [0.4, 0.5) is 5.69 Å². The molecule has 0 spiro atoms. The fraction of sp³-hybridized carbons (Fsp3) is 0.235. The number of ether oxygens (including phenoxy) is 2. The zero-order valence-electron chi connectivity index (χ0n) is 25.6. The van der Waals surface area contributed by atoms with Gasteiger partial charge >= 0.3 is 0 Å². The first-order valence-corrected chi connectivity index (χ1v) is 16.4. The smallest absolute Gasteiger partial charge is 0.264 e. The minimum absolute atomic E-state index is 0.0151. The summed E-state index contributed by atoms with van der Waals surface area (Å²) in [6.45, 7) is 1.34. The Morgan fingerprint density at radius 1 is 0.844 bits per heavy atom. The number of hydrogen-bond donors (Lipinski definition) is 1. The Bertz CT molecular complexity index is 1730. The first kappa shape index (κ1) is 33.5. The molecule has 0 heterocycles. The molecule has 0 aliphatic rings. The van der Waals surface area contributed by atoms with Crippen LogP contribution in [0.1, 0.15) is 16.7 Å². The summed E-state index contributed by atoms with van der Waals surface area (Å²) < 4.78 is 41.1. The Morgan fingerprint density at radius 3 is 2.13 bits per heavy atom. The molecule has 0 aliphatic heterocycles. The number of aryl methyl sites for hydroxylation is 1. The molecule has 236 valence electrons. The minimum atomic E-state index is -4.25. The SMILES string of the molecule is CNC(=O)[C@H](Cc1ccccc1)N(Cc1cccc(Br)c1)C(=O)CN(c1ccc(OC)c(OC)c1)S(=O)(=O)c1ccc(C)cc1. The fourth-order valence-electron chi connectivity index (χ4n) is 4.90. The van der Waals surface area contributed by atoms with Crippen LogP contribution in [0.5, 0.6) is 11.5 Å². The van der Waals surface area contributed by atoms with E-state index in [2.05, 4.69) is 21.2 Å². The monoisotopic (exact) mass is 693 g/mol. The lowest BCUT2D eigenvalue weighted by Gasteiger charge is -2.33. The number of benzene rings is 4. The number of carbonyl (C=O) groups is 2. The van der Waals surface area contributed by atoms with Crippen molar-refractivity contribution in [3.8, 4) is 11.5 Å². The van der Waals surface area contributed by atoms with E-state index < -0.39 is 28.5 Å². The molecule has 1 N–H and O–H groups in total. The van der Waals surface area contributed by atoms with Crippen molar-refractivity contribution in [3.63, 3.8) is 0 Å². The number of halogens is 1. The van der Waals surface area contributed by atoms with E-state index >= 15 is 0 Å². The van der Waals surface area contributed by atoms with Crippen LogP contribution >= 0.6 is 15.9 Å². The number of nitrogens with zero attached hydrogens (tertiary/aromatic N) is 2. The van der Waals surface area contributed by atoms with Gasteiger partial charge in [0.2, 0.25) is 11.8 Å². The first-order chi connectivity index (χ1) is 21.6. The molecule has 0 unspecified atom stereocenters. The molecule has 4 aromatic carbocycles. The van der Waals surface area contributed by atoms with Crippen molar-refractivity contribution in [3.05, 3.63) is 118 Å². The van der Waals surface area contributed by atoms with Gasteiger partial charge in [-0.15, -0.1) is 0 Å².